The van der Waals surface area contributed by atoms with Crippen LogP contribution in [0.3, 0.4) is 0 Å². The summed E-state index contributed by atoms with van der Waals surface area (Å²) in [7, 11) is -4.57. The Labute approximate surface area is 259 Å². The average molecular weight is 649 g/mol. The molecule has 2 unspecified atom stereocenters. The number of halogens is 4. The van der Waals surface area contributed by atoms with Gasteiger partial charge in [0.2, 0.25) is 0 Å². The molecular formula is C31H36F4N6O3S. The zero-order valence-electron chi connectivity index (χ0n) is 25.4. The maximum Gasteiger partial charge on any atom is 0.264 e. The Bertz CT molecular complexity index is 1770. The molecule has 5 rings (SSSR count). The molecule has 0 radical (unpaired) electrons. The van der Waals surface area contributed by atoms with Crippen molar-refractivity contribution in [1.29, 1.82) is 0 Å². The Morgan fingerprint density at radius 2 is 1.71 bits per heavy atom. The standard InChI is InChI=1S/C31H36F4N6O3S/c1-16(2)41-28-26(29(36)37-15-31(28,4)18-9-11-19(12-10-18)38-30(42)17(3)32)27(39-41)20-13-23(35)24(14-22(20)34)40-45(43,44)25-8-6-5-7-21(25)33/h5-8,13-14,16-19,40H,9-12,15H2,1-4H3,(H2,36,37)(H,38,42)/t17?,18-,19-,31?. The smallest absolute Gasteiger partial charge is 0.264 e. The first-order valence-electron chi connectivity index (χ1n) is 14.8. The molecule has 0 saturated heterocycles. The fraction of sp³-hybridized carbons (Fsp3) is 0.452. The summed E-state index contributed by atoms with van der Waals surface area (Å²) in [6.07, 6.45) is 1.09. The highest BCUT2D eigenvalue weighted by Gasteiger charge is 2.46. The van der Waals surface area contributed by atoms with Crippen molar-refractivity contribution >= 4 is 27.5 Å². The number of anilines is 1. The molecule has 3 aromatic rings. The molecule has 2 atom stereocenters. The number of fused-ring (bicyclic) bond motifs is 1. The highest BCUT2D eigenvalue weighted by Crippen LogP contribution is 2.47. The quantitative estimate of drug-likeness (QED) is 0.283. The van der Waals surface area contributed by atoms with Crippen LogP contribution in [-0.2, 0) is 20.2 Å². The van der Waals surface area contributed by atoms with E-state index in [-0.39, 0.29) is 35.1 Å². The van der Waals surface area contributed by atoms with Crippen molar-refractivity contribution in [3.05, 3.63) is 65.1 Å². The molecule has 0 spiro atoms. The first-order chi connectivity index (χ1) is 21.1. The Hall–Kier alpha value is -3.94. The van der Waals surface area contributed by atoms with E-state index in [0.717, 1.165) is 23.9 Å². The zero-order chi connectivity index (χ0) is 32.8. The van der Waals surface area contributed by atoms with E-state index in [4.69, 9.17) is 10.8 Å². The Balaban J connectivity index is 1.51. The second-order valence-electron chi connectivity index (χ2n) is 12.3. The van der Waals surface area contributed by atoms with E-state index in [1.165, 1.54) is 19.1 Å². The van der Waals surface area contributed by atoms with Crippen molar-refractivity contribution < 1.29 is 30.8 Å². The van der Waals surface area contributed by atoms with E-state index >= 15 is 8.78 Å². The lowest BCUT2D eigenvalue weighted by Gasteiger charge is -2.43. The third-order valence-electron chi connectivity index (χ3n) is 8.79. The molecule has 2 heterocycles. The van der Waals surface area contributed by atoms with Gasteiger partial charge in [0, 0.05) is 29.1 Å². The fourth-order valence-electron chi connectivity index (χ4n) is 6.37. The maximum atomic E-state index is 15.8. The Morgan fingerprint density at radius 3 is 2.33 bits per heavy atom. The van der Waals surface area contributed by atoms with E-state index in [1.54, 1.807) is 4.68 Å². The van der Waals surface area contributed by atoms with Gasteiger partial charge in [-0.3, -0.25) is 19.2 Å². The second-order valence-corrected chi connectivity index (χ2v) is 13.9. The molecule has 1 aromatic heterocycles. The minimum absolute atomic E-state index is 0.0590. The summed E-state index contributed by atoms with van der Waals surface area (Å²) in [5, 5.41) is 7.46. The number of nitrogens with two attached hydrogens (primary N) is 1. The number of benzene rings is 2. The van der Waals surface area contributed by atoms with Gasteiger partial charge in [0.1, 0.15) is 33.9 Å². The summed E-state index contributed by atoms with van der Waals surface area (Å²) in [5.41, 5.74) is 6.02. The predicted molar refractivity (Wildman–Crippen MR) is 163 cm³/mol. The summed E-state index contributed by atoms with van der Waals surface area (Å²) < 4.78 is 88.0. The summed E-state index contributed by atoms with van der Waals surface area (Å²) in [6, 6.07) is 5.75. The molecular weight excluding hydrogens is 612 g/mol. The highest BCUT2D eigenvalue weighted by molar-refractivity contribution is 7.92. The minimum atomic E-state index is -4.57. The van der Waals surface area contributed by atoms with Crippen LogP contribution in [0.15, 0.2) is 46.3 Å². The number of hydrogen-bond donors (Lipinski definition) is 3. The zero-order valence-corrected chi connectivity index (χ0v) is 26.2. The van der Waals surface area contributed by atoms with Gasteiger partial charge in [-0.1, -0.05) is 19.1 Å². The lowest BCUT2D eigenvalue weighted by Crippen LogP contribution is -2.47. The van der Waals surface area contributed by atoms with Crippen LogP contribution in [0, 0.1) is 23.4 Å². The topological polar surface area (TPSA) is 131 Å². The number of amides is 1. The van der Waals surface area contributed by atoms with E-state index in [2.05, 4.69) is 10.3 Å². The highest BCUT2D eigenvalue weighted by atomic mass is 32.2. The van der Waals surface area contributed by atoms with Crippen LogP contribution in [0.4, 0.5) is 23.2 Å². The molecule has 1 aliphatic heterocycles. The molecule has 1 saturated carbocycles. The third kappa shape index (κ3) is 6.03. The number of nitrogens with zero attached hydrogens (tertiary/aromatic N) is 3. The summed E-state index contributed by atoms with van der Waals surface area (Å²) >= 11 is 0. The van der Waals surface area contributed by atoms with Crippen LogP contribution in [0.5, 0.6) is 0 Å². The third-order valence-corrected chi connectivity index (χ3v) is 10.2. The molecule has 14 heteroatoms. The van der Waals surface area contributed by atoms with Crippen molar-refractivity contribution in [2.24, 2.45) is 16.6 Å². The first kappa shape index (κ1) is 32.5. The van der Waals surface area contributed by atoms with Crippen molar-refractivity contribution in [2.75, 3.05) is 11.3 Å². The molecule has 45 heavy (non-hydrogen) atoms. The largest absolute Gasteiger partial charge is 0.383 e. The Kier molecular flexibility index (Phi) is 8.73. The van der Waals surface area contributed by atoms with Gasteiger partial charge in [0.25, 0.3) is 15.9 Å². The van der Waals surface area contributed by atoms with Gasteiger partial charge >= 0.3 is 0 Å². The number of carbonyl (C=O) groups is 1. The van der Waals surface area contributed by atoms with Gasteiger partial charge in [-0.25, -0.2) is 26.0 Å². The molecule has 9 nitrogen and oxygen atoms in total. The molecule has 4 N–H and O–H groups in total. The van der Waals surface area contributed by atoms with Crippen molar-refractivity contribution in [1.82, 2.24) is 15.1 Å². The number of aromatic nitrogens is 2. The molecule has 2 aliphatic rings. The lowest BCUT2D eigenvalue weighted by atomic mass is 9.65. The second kappa shape index (κ2) is 12.1. The molecule has 2 aromatic carbocycles. The summed E-state index contributed by atoms with van der Waals surface area (Å²) in [5.74, 6) is -3.56. The predicted octanol–water partition coefficient (Wildman–Crippen LogP) is 5.36. The fourth-order valence-corrected chi connectivity index (χ4v) is 7.51. The van der Waals surface area contributed by atoms with Crippen molar-refractivity contribution in [3.8, 4) is 11.3 Å². The number of rotatable bonds is 8. The molecule has 1 amide bonds. The first-order valence-corrected chi connectivity index (χ1v) is 16.3. The van der Waals surface area contributed by atoms with E-state index in [0.29, 0.717) is 43.9 Å². The average Bonchev–Trinajstić information content (AvgIpc) is 3.40. The summed E-state index contributed by atoms with van der Waals surface area (Å²) in [4.78, 5) is 15.8. The normalized spacial score (nSPS) is 22.5. The number of carbonyl (C=O) groups excluding carboxylic acids is 1. The molecule has 242 valence electrons. The SMILES string of the molecule is CC(F)C(=O)N[C@H]1CC[C@H](C2(C)CN=C(N)c3c(-c4cc(F)c(NS(=O)(=O)c5ccccc5F)cc4F)nn(C(C)C)c32)CC1. The number of alkyl halides is 1. The minimum Gasteiger partial charge on any atom is -0.383 e. The molecule has 1 aliphatic carbocycles. The number of sulfonamides is 1. The number of amidine groups is 1. The molecule has 1 fully saturated rings. The number of nitrogens with one attached hydrogen (secondary N) is 2. The van der Waals surface area contributed by atoms with Crippen molar-refractivity contribution in [2.45, 2.75) is 81.9 Å². The maximum absolute atomic E-state index is 15.8. The van der Waals surface area contributed by atoms with Crippen LogP contribution in [0.1, 0.15) is 70.7 Å². The van der Waals surface area contributed by atoms with Gasteiger partial charge in [-0.15, -0.1) is 0 Å². The lowest BCUT2D eigenvalue weighted by molar-refractivity contribution is -0.126. The van der Waals surface area contributed by atoms with Crippen molar-refractivity contribution in [3.63, 3.8) is 0 Å². The summed E-state index contributed by atoms with van der Waals surface area (Å²) in [6.45, 7) is 7.38. The van der Waals surface area contributed by atoms with Gasteiger partial charge in [-0.05, 0) is 70.6 Å². The number of aliphatic imine (C=N–C) groups is 1. The van der Waals surface area contributed by atoms with Crippen LogP contribution >= 0.6 is 0 Å². The Morgan fingerprint density at radius 1 is 1.04 bits per heavy atom. The van der Waals surface area contributed by atoms with Crippen LogP contribution in [0.25, 0.3) is 11.3 Å². The van der Waals surface area contributed by atoms with Gasteiger partial charge in [-0.2, -0.15) is 5.10 Å². The number of hydrogen-bond acceptors (Lipinski definition) is 6. The van der Waals surface area contributed by atoms with Crippen LogP contribution in [0.2, 0.25) is 0 Å². The van der Waals surface area contributed by atoms with E-state index in [1.807, 2.05) is 25.5 Å². The van der Waals surface area contributed by atoms with Crippen LogP contribution in [-0.4, -0.2) is 48.7 Å². The molecule has 0 bridgehead atoms. The van der Waals surface area contributed by atoms with Crippen LogP contribution < -0.4 is 15.8 Å². The van der Waals surface area contributed by atoms with Gasteiger partial charge < -0.3 is 11.1 Å². The van der Waals surface area contributed by atoms with Gasteiger partial charge in [0.05, 0.1) is 23.5 Å². The monoisotopic (exact) mass is 648 g/mol. The van der Waals surface area contributed by atoms with Gasteiger partial charge in [0.15, 0.2) is 6.17 Å². The van der Waals surface area contributed by atoms with E-state index < -0.39 is 55.6 Å². The van der Waals surface area contributed by atoms with E-state index in [9.17, 15) is 22.0 Å².